The number of hydrogen-bond donors (Lipinski definition) is 0. The van der Waals surface area contributed by atoms with Crippen LogP contribution < -0.4 is 0 Å². The lowest BCUT2D eigenvalue weighted by atomic mass is 9.99. The van der Waals surface area contributed by atoms with Crippen LogP contribution in [0, 0.1) is 0 Å². The molecule has 0 bridgehead atoms. The molecule has 0 aromatic carbocycles. The topological polar surface area (TPSA) is 17.1 Å². The molecule has 0 saturated heterocycles. The summed E-state index contributed by atoms with van der Waals surface area (Å²) < 4.78 is 0. The van der Waals surface area contributed by atoms with Crippen LogP contribution in [0.3, 0.4) is 0 Å². The first-order valence-electron chi connectivity index (χ1n) is 4.56. The van der Waals surface area contributed by atoms with Crippen LogP contribution in [-0.2, 0) is 4.79 Å². The average molecular weight is 166 g/mol. The molecule has 0 aromatic heterocycles. The molecule has 0 saturated carbocycles. The van der Waals surface area contributed by atoms with Crippen molar-refractivity contribution >= 4 is 5.78 Å². The van der Waals surface area contributed by atoms with E-state index in [1.165, 1.54) is 0 Å². The highest BCUT2D eigenvalue weighted by molar-refractivity contribution is 6.07. The van der Waals surface area contributed by atoms with E-state index in [-0.39, 0.29) is 5.78 Å². The van der Waals surface area contributed by atoms with E-state index in [1.54, 1.807) is 0 Å². The van der Waals surface area contributed by atoms with Crippen molar-refractivity contribution in [3.8, 4) is 0 Å². The van der Waals surface area contributed by atoms with Gasteiger partial charge >= 0.3 is 0 Å². The summed E-state index contributed by atoms with van der Waals surface area (Å²) in [6.45, 7) is 7.85. The van der Waals surface area contributed by atoms with Gasteiger partial charge < -0.3 is 0 Å². The van der Waals surface area contributed by atoms with Crippen molar-refractivity contribution in [3.63, 3.8) is 0 Å². The highest BCUT2D eigenvalue weighted by Gasteiger charge is 2.09. The number of hydrogen-bond acceptors (Lipinski definition) is 1. The fourth-order valence-electron chi connectivity index (χ4n) is 1.20. The Morgan fingerprint density at radius 3 is 1.50 bits per heavy atom. The smallest absolute Gasteiger partial charge is 0.184 e. The van der Waals surface area contributed by atoms with Gasteiger partial charge in [0.15, 0.2) is 5.78 Å². The Labute approximate surface area is 75.2 Å². The summed E-state index contributed by atoms with van der Waals surface area (Å²) in [5.74, 6) is 0.213. The Bertz CT molecular complexity index is 187. The minimum Gasteiger partial charge on any atom is -0.289 e. The van der Waals surface area contributed by atoms with Crippen LogP contribution in [0.5, 0.6) is 0 Å². The Morgan fingerprint density at radius 2 is 1.33 bits per heavy atom. The third kappa shape index (κ3) is 2.65. The molecule has 12 heavy (non-hydrogen) atoms. The second-order valence-electron chi connectivity index (χ2n) is 2.66. The molecule has 0 amide bonds. The van der Waals surface area contributed by atoms with Crippen LogP contribution >= 0.6 is 0 Å². The third-order valence-corrected chi connectivity index (χ3v) is 2.04. The van der Waals surface area contributed by atoms with Crippen molar-refractivity contribution in [2.24, 2.45) is 0 Å². The van der Waals surface area contributed by atoms with Crippen molar-refractivity contribution in [2.75, 3.05) is 0 Å². The molecule has 0 heterocycles. The zero-order valence-electron chi connectivity index (χ0n) is 8.48. The fourth-order valence-corrected chi connectivity index (χ4v) is 1.20. The minimum atomic E-state index is 0.213. The highest BCUT2D eigenvalue weighted by atomic mass is 16.1. The SMILES string of the molecule is C/C=C(/CC)C(=O)/C(=C\C)CC. The number of Topliss-reactive ketones (excluding diaryl/α,β-unsaturated/α-hetero) is 1. The zero-order chi connectivity index (χ0) is 9.56. The lowest BCUT2D eigenvalue weighted by molar-refractivity contribution is -0.112. The van der Waals surface area contributed by atoms with Gasteiger partial charge in [-0.1, -0.05) is 26.0 Å². The predicted octanol–water partition coefficient (Wildman–Crippen LogP) is 3.27. The van der Waals surface area contributed by atoms with Gasteiger partial charge in [0.05, 0.1) is 0 Å². The molecule has 0 aromatic rings. The van der Waals surface area contributed by atoms with Gasteiger partial charge in [-0.2, -0.15) is 0 Å². The summed E-state index contributed by atoms with van der Waals surface area (Å²) in [7, 11) is 0. The van der Waals surface area contributed by atoms with E-state index >= 15 is 0 Å². The number of rotatable bonds is 4. The van der Waals surface area contributed by atoms with E-state index < -0.39 is 0 Å². The molecular formula is C11H18O. The molecule has 0 aliphatic rings. The quantitative estimate of drug-likeness (QED) is 0.586. The van der Waals surface area contributed by atoms with Crippen LogP contribution in [0.1, 0.15) is 40.5 Å². The van der Waals surface area contributed by atoms with Gasteiger partial charge in [0, 0.05) is 0 Å². The Kier molecular flexibility index (Phi) is 5.35. The molecule has 0 spiro atoms. The fraction of sp³-hybridized carbons (Fsp3) is 0.545. The first-order valence-corrected chi connectivity index (χ1v) is 4.56. The van der Waals surface area contributed by atoms with E-state index in [9.17, 15) is 4.79 Å². The van der Waals surface area contributed by atoms with Gasteiger partial charge in [-0.15, -0.1) is 0 Å². The van der Waals surface area contributed by atoms with Gasteiger partial charge in [-0.25, -0.2) is 0 Å². The Morgan fingerprint density at radius 1 is 1.00 bits per heavy atom. The van der Waals surface area contributed by atoms with Gasteiger partial charge in [0.25, 0.3) is 0 Å². The Hall–Kier alpha value is -0.850. The van der Waals surface area contributed by atoms with E-state index in [2.05, 4.69) is 0 Å². The molecule has 0 aliphatic carbocycles. The first-order chi connectivity index (χ1) is 5.71. The van der Waals surface area contributed by atoms with Crippen molar-refractivity contribution < 1.29 is 4.79 Å². The van der Waals surface area contributed by atoms with Crippen LogP contribution in [0.15, 0.2) is 23.3 Å². The Balaban J connectivity index is 4.58. The molecule has 0 rings (SSSR count). The second-order valence-corrected chi connectivity index (χ2v) is 2.66. The third-order valence-electron chi connectivity index (χ3n) is 2.04. The molecule has 0 N–H and O–H groups in total. The highest BCUT2D eigenvalue weighted by Crippen LogP contribution is 2.12. The van der Waals surface area contributed by atoms with Crippen LogP contribution in [0.25, 0.3) is 0 Å². The maximum Gasteiger partial charge on any atom is 0.184 e. The van der Waals surface area contributed by atoms with E-state index in [1.807, 2.05) is 39.8 Å². The monoisotopic (exact) mass is 166 g/mol. The molecular weight excluding hydrogens is 148 g/mol. The summed E-state index contributed by atoms with van der Waals surface area (Å²) in [6.07, 6.45) is 5.46. The molecule has 0 aliphatic heterocycles. The van der Waals surface area contributed by atoms with Crippen molar-refractivity contribution in [1.29, 1.82) is 0 Å². The van der Waals surface area contributed by atoms with Gasteiger partial charge in [0.1, 0.15) is 0 Å². The molecule has 68 valence electrons. The molecule has 0 atom stereocenters. The predicted molar refractivity (Wildman–Crippen MR) is 53.1 cm³/mol. The molecule has 0 unspecified atom stereocenters. The number of carbonyl (C=O) groups excluding carboxylic acids is 1. The van der Waals surface area contributed by atoms with Crippen LogP contribution in [0.4, 0.5) is 0 Å². The second kappa shape index (κ2) is 5.76. The molecule has 1 heteroatoms. The lowest BCUT2D eigenvalue weighted by Crippen LogP contribution is -2.04. The van der Waals surface area contributed by atoms with Gasteiger partial charge in [-0.05, 0) is 37.8 Å². The molecule has 1 nitrogen and oxygen atoms in total. The summed E-state index contributed by atoms with van der Waals surface area (Å²) in [4.78, 5) is 11.6. The average Bonchev–Trinajstić information content (AvgIpc) is 2.09. The normalized spacial score (nSPS) is 13.3. The number of ketones is 1. The van der Waals surface area contributed by atoms with Crippen molar-refractivity contribution in [2.45, 2.75) is 40.5 Å². The standard InChI is InChI=1S/C11H18O/c1-5-9(6-2)11(12)10(7-3)8-4/h5,7H,6,8H2,1-4H3/b9-5-,10-7-. The largest absolute Gasteiger partial charge is 0.289 e. The summed E-state index contributed by atoms with van der Waals surface area (Å²) in [5.41, 5.74) is 1.84. The van der Waals surface area contributed by atoms with Gasteiger partial charge in [-0.3, -0.25) is 4.79 Å². The maximum atomic E-state index is 11.6. The summed E-state index contributed by atoms with van der Waals surface area (Å²) in [6, 6.07) is 0. The first kappa shape index (κ1) is 11.2. The summed E-state index contributed by atoms with van der Waals surface area (Å²) in [5, 5.41) is 0. The van der Waals surface area contributed by atoms with E-state index in [0.29, 0.717) is 0 Å². The zero-order valence-corrected chi connectivity index (χ0v) is 8.48. The van der Waals surface area contributed by atoms with Crippen LogP contribution in [-0.4, -0.2) is 5.78 Å². The van der Waals surface area contributed by atoms with E-state index in [0.717, 1.165) is 24.0 Å². The lowest BCUT2D eigenvalue weighted by Gasteiger charge is -2.04. The molecule has 0 fully saturated rings. The maximum absolute atomic E-state index is 11.6. The van der Waals surface area contributed by atoms with Crippen molar-refractivity contribution in [3.05, 3.63) is 23.3 Å². The minimum absolute atomic E-state index is 0.213. The number of carbonyl (C=O) groups is 1. The van der Waals surface area contributed by atoms with Gasteiger partial charge in [0.2, 0.25) is 0 Å². The molecule has 0 radical (unpaired) electrons. The summed E-state index contributed by atoms with van der Waals surface area (Å²) >= 11 is 0. The van der Waals surface area contributed by atoms with E-state index in [4.69, 9.17) is 0 Å². The van der Waals surface area contributed by atoms with Crippen LogP contribution in [0.2, 0.25) is 0 Å². The number of allylic oxidation sites excluding steroid dienone is 4. The van der Waals surface area contributed by atoms with Crippen molar-refractivity contribution in [1.82, 2.24) is 0 Å².